The number of sulfonamides is 1. The Balaban J connectivity index is 1.37. The predicted molar refractivity (Wildman–Crippen MR) is 162 cm³/mol. The monoisotopic (exact) mass is 657 g/mol. The van der Waals surface area contributed by atoms with E-state index in [9.17, 15) is 31.2 Å². The van der Waals surface area contributed by atoms with E-state index in [1.54, 1.807) is 31.2 Å². The molecule has 0 radical (unpaired) electrons. The fraction of sp³-hybridized carbons (Fsp3) is 0.312. The van der Waals surface area contributed by atoms with E-state index < -0.39 is 45.5 Å². The molecular formula is C32H30F3N3O5S2. The zero-order valence-corrected chi connectivity index (χ0v) is 25.9. The summed E-state index contributed by atoms with van der Waals surface area (Å²) < 4.78 is 75.4. The number of benzene rings is 2. The molecule has 8 nitrogen and oxygen atoms in total. The van der Waals surface area contributed by atoms with E-state index in [1.807, 2.05) is 0 Å². The van der Waals surface area contributed by atoms with Gasteiger partial charge in [0.15, 0.2) is 11.6 Å². The number of dihydropyridines is 1. The molecule has 0 aliphatic carbocycles. The Hall–Kier alpha value is -3.94. The van der Waals surface area contributed by atoms with Crippen molar-refractivity contribution in [3.05, 3.63) is 115 Å². The lowest BCUT2D eigenvalue weighted by molar-refractivity contribution is -0.138. The Labute approximate surface area is 262 Å². The van der Waals surface area contributed by atoms with Crippen molar-refractivity contribution in [2.24, 2.45) is 0 Å². The second-order valence-corrected chi connectivity index (χ2v) is 14.0. The molecule has 13 heteroatoms. The van der Waals surface area contributed by atoms with E-state index in [2.05, 4.69) is 10.6 Å². The molecule has 236 valence electrons. The van der Waals surface area contributed by atoms with Crippen LogP contribution in [0, 0.1) is 17.5 Å². The first kappa shape index (κ1) is 31.1. The molecule has 1 amide bonds. The van der Waals surface area contributed by atoms with Gasteiger partial charge in [-0.3, -0.25) is 4.79 Å². The first-order chi connectivity index (χ1) is 21.6. The molecule has 1 aromatic heterocycles. The minimum absolute atomic E-state index is 0.0571. The summed E-state index contributed by atoms with van der Waals surface area (Å²) in [4.78, 5) is 27.5. The highest BCUT2D eigenvalue weighted by Crippen LogP contribution is 2.51. The number of ether oxygens (including phenoxy) is 1. The van der Waals surface area contributed by atoms with Crippen LogP contribution < -0.4 is 10.6 Å². The van der Waals surface area contributed by atoms with Gasteiger partial charge < -0.3 is 15.4 Å². The SMILES string of the molecule is CCOC(=O)C1=C(CCc2ccc(F)cc2)NC2=C(C1c1ccc(C(=O)NCc3ccc(F)c(F)c3)s1)S(=O)(=O)N1CCCC21. The number of amides is 1. The van der Waals surface area contributed by atoms with Crippen molar-refractivity contribution in [1.29, 1.82) is 0 Å². The Morgan fingerprint density at radius 2 is 1.78 bits per heavy atom. The summed E-state index contributed by atoms with van der Waals surface area (Å²) in [5, 5.41) is 6.00. The number of carbonyl (C=O) groups excluding carboxylic acids is 2. The molecule has 45 heavy (non-hydrogen) atoms. The fourth-order valence-electron chi connectivity index (χ4n) is 6.12. The fourth-order valence-corrected chi connectivity index (χ4v) is 9.41. The number of nitrogens with one attached hydrogen (secondary N) is 2. The zero-order chi connectivity index (χ0) is 31.9. The lowest BCUT2D eigenvalue weighted by atomic mass is 9.87. The number of thiophene rings is 1. The van der Waals surface area contributed by atoms with Gasteiger partial charge in [0, 0.05) is 23.7 Å². The molecule has 2 N–H and O–H groups in total. The first-order valence-electron chi connectivity index (χ1n) is 14.6. The van der Waals surface area contributed by atoms with Crippen molar-refractivity contribution in [1.82, 2.24) is 14.9 Å². The minimum Gasteiger partial charge on any atom is -0.463 e. The van der Waals surface area contributed by atoms with Crippen molar-refractivity contribution in [3.8, 4) is 0 Å². The van der Waals surface area contributed by atoms with Gasteiger partial charge >= 0.3 is 5.97 Å². The van der Waals surface area contributed by atoms with Crippen LogP contribution in [0.15, 0.2) is 76.5 Å². The van der Waals surface area contributed by atoms with Crippen molar-refractivity contribution in [2.75, 3.05) is 13.2 Å². The maximum atomic E-state index is 14.0. The topological polar surface area (TPSA) is 105 Å². The van der Waals surface area contributed by atoms with E-state index in [0.29, 0.717) is 54.1 Å². The van der Waals surface area contributed by atoms with Gasteiger partial charge in [0.25, 0.3) is 5.91 Å². The van der Waals surface area contributed by atoms with Crippen molar-refractivity contribution in [3.63, 3.8) is 0 Å². The largest absolute Gasteiger partial charge is 0.463 e. The number of nitrogens with zero attached hydrogens (tertiary/aromatic N) is 1. The molecule has 3 aliphatic heterocycles. The number of fused-ring (bicyclic) bond motifs is 2. The Bertz CT molecular complexity index is 1840. The molecule has 2 aromatic carbocycles. The number of aryl methyl sites for hydroxylation is 1. The van der Waals surface area contributed by atoms with Crippen molar-refractivity contribution in [2.45, 2.75) is 51.1 Å². The van der Waals surface area contributed by atoms with Gasteiger partial charge in [-0.05, 0) is 80.1 Å². The minimum atomic E-state index is -3.96. The van der Waals surface area contributed by atoms with Crippen LogP contribution in [0.4, 0.5) is 13.2 Å². The van der Waals surface area contributed by atoms with Gasteiger partial charge in [-0.15, -0.1) is 11.3 Å². The summed E-state index contributed by atoms with van der Waals surface area (Å²) in [6, 6.07) is 12.2. The van der Waals surface area contributed by atoms with Crippen molar-refractivity contribution >= 4 is 33.2 Å². The smallest absolute Gasteiger partial charge is 0.336 e. The normalized spacial score (nSPS) is 20.5. The summed E-state index contributed by atoms with van der Waals surface area (Å²) in [6.07, 6.45) is 2.10. The van der Waals surface area contributed by atoms with Crippen LogP contribution in [0.2, 0.25) is 0 Å². The van der Waals surface area contributed by atoms with Gasteiger partial charge in [0.05, 0.1) is 39.6 Å². The quantitative estimate of drug-likeness (QED) is 0.305. The summed E-state index contributed by atoms with van der Waals surface area (Å²) in [7, 11) is -3.96. The molecule has 2 atom stereocenters. The molecule has 2 unspecified atom stereocenters. The molecule has 0 spiro atoms. The first-order valence-corrected chi connectivity index (χ1v) is 16.8. The van der Waals surface area contributed by atoms with Gasteiger partial charge in [-0.25, -0.2) is 26.4 Å². The van der Waals surface area contributed by atoms with Crippen LogP contribution >= 0.6 is 11.3 Å². The molecule has 3 aliphatic rings. The highest BCUT2D eigenvalue weighted by molar-refractivity contribution is 7.93. The highest BCUT2D eigenvalue weighted by atomic mass is 32.2. The Morgan fingerprint density at radius 3 is 2.51 bits per heavy atom. The summed E-state index contributed by atoms with van der Waals surface area (Å²) in [5.74, 6) is -4.56. The molecule has 0 bridgehead atoms. The Kier molecular flexibility index (Phi) is 8.59. The molecule has 1 fully saturated rings. The third-order valence-electron chi connectivity index (χ3n) is 8.19. The van der Waals surface area contributed by atoms with Crippen LogP contribution in [0.3, 0.4) is 0 Å². The van der Waals surface area contributed by atoms with E-state index in [4.69, 9.17) is 4.74 Å². The molecule has 0 saturated carbocycles. The molecule has 4 heterocycles. The van der Waals surface area contributed by atoms with Crippen LogP contribution in [0.25, 0.3) is 0 Å². The van der Waals surface area contributed by atoms with Gasteiger partial charge in [-0.1, -0.05) is 18.2 Å². The number of carbonyl (C=O) groups is 2. The van der Waals surface area contributed by atoms with E-state index >= 15 is 0 Å². The predicted octanol–water partition coefficient (Wildman–Crippen LogP) is 5.25. The number of esters is 1. The average molecular weight is 658 g/mol. The maximum absolute atomic E-state index is 14.0. The standard InChI is InChI=1S/C32H30F3N3O5S2/c1-2-43-32(40)27-23(12-8-18-5-9-20(33)10-6-18)37-29-24-4-3-15-38(24)45(41,42)30(29)28(27)25-13-14-26(44-25)31(39)36-17-19-7-11-21(34)22(35)16-19/h5-7,9-11,13-14,16,24,28,37H,2-4,8,12,15,17H2,1H3,(H,36,39). The maximum Gasteiger partial charge on any atom is 0.336 e. The summed E-state index contributed by atoms with van der Waals surface area (Å²) >= 11 is 1.05. The second kappa shape index (κ2) is 12.5. The van der Waals surface area contributed by atoms with Gasteiger partial charge in [-0.2, -0.15) is 4.31 Å². The lowest BCUT2D eigenvalue weighted by Crippen LogP contribution is -2.33. The van der Waals surface area contributed by atoms with E-state index in [-0.39, 0.29) is 34.3 Å². The summed E-state index contributed by atoms with van der Waals surface area (Å²) in [5.41, 5.74) is 2.39. The van der Waals surface area contributed by atoms with Gasteiger partial charge in [0.1, 0.15) is 5.82 Å². The van der Waals surface area contributed by atoms with Crippen LogP contribution in [0.1, 0.15) is 57.8 Å². The van der Waals surface area contributed by atoms with Crippen molar-refractivity contribution < 1.29 is 35.9 Å². The van der Waals surface area contributed by atoms with E-state index in [1.165, 1.54) is 22.5 Å². The highest BCUT2D eigenvalue weighted by Gasteiger charge is 2.54. The number of rotatable bonds is 9. The number of halogens is 3. The number of hydrogen-bond acceptors (Lipinski definition) is 7. The molecule has 6 rings (SSSR count). The third-order valence-corrected chi connectivity index (χ3v) is 11.4. The molecule has 1 saturated heterocycles. The van der Waals surface area contributed by atoms with Crippen LogP contribution in [-0.4, -0.2) is 43.8 Å². The number of hydrogen-bond donors (Lipinski definition) is 2. The van der Waals surface area contributed by atoms with Crippen LogP contribution in [0.5, 0.6) is 0 Å². The summed E-state index contributed by atoms with van der Waals surface area (Å²) in [6.45, 7) is 2.03. The van der Waals surface area contributed by atoms with Crippen LogP contribution in [-0.2, 0) is 32.5 Å². The zero-order valence-electron chi connectivity index (χ0n) is 24.2. The molecular weight excluding hydrogens is 627 g/mol. The second-order valence-electron chi connectivity index (χ2n) is 11.0. The third kappa shape index (κ3) is 5.91. The lowest BCUT2D eigenvalue weighted by Gasteiger charge is -2.30. The Morgan fingerprint density at radius 1 is 1.02 bits per heavy atom. The molecule has 3 aromatic rings. The van der Waals surface area contributed by atoms with E-state index in [0.717, 1.165) is 29.0 Å². The van der Waals surface area contributed by atoms with Gasteiger partial charge in [0.2, 0.25) is 10.0 Å². The number of allylic oxidation sites excluding steroid dienone is 2. The average Bonchev–Trinajstić information content (AvgIpc) is 3.75.